The molecule has 134 valence electrons. The van der Waals surface area contributed by atoms with Crippen LogP contribution in [0.25, 0.3) is 5.69 Å². The highest BCUT2D eigenvalue weighted by atomic mass is 16.5. The van der Waals surface area contributed by atoms with Crippen LogP contribution in [-0.2, 0) is 6.54 Å². The minimum Gasteiger partial charge on any atom is -0.497 e. The normalized spacial score (nSPS) is 17.4. The molecule has 0 aliphatic carbocycles. The molecular weight excluding hydrogens is 320 g/mol. The first-order valence-electron chi connectivity index (χ1n) is 8.54. The molecule has 2 heterocycles. The van der Waals surface area contributed by atoms with Crippen LogP contribution in [0.15, 0.2) is 36.7 Å². The number of likely N-dealkylation sites (tertiary alicyclic amines) is 1. The average Bonchev–Trinajstić information content (AvgIpc) is 3.15. The van der Waals surface area contributed by atoms with Crippen LogP contribution < -0.4 is 10.1 Å². The predicted molar refractivity (Wildman–Crippen MR) is 93.8 cm³/mol. The van der Waals surface area contributed by atoms with Crippen molar-refractivity contribution < 1.29 is 14.6 Å². The van der Waals surface area contributed by atoms with Gasteiger partial charge in [-0.15, -0.1) is 0 Å². The number of rotatable bonds is 5. The fraction of sp³-hybridized carbons (Fsp3) is 0.444. The van der Waals surface area contributed by atoms with Crippen LogP contribution in [0.2, 0.25) is 0 Å². The van der Waals surface area contributed by atoms with Gasteiger partial charge in [-0.1, -0.05) is 6.07 Å². The number of nitrogens with zero attached hydrogens (tertiary/aromatic N) is 3. The van der Waals surface area contributed by atoms with Crippen molar-refractivity contribution in [3.63, 3.8) is 0 Å². The van der Waals surface area contributed by atoms with Gasteiger partial charge in [0.15, 0.2) is 0 Å². The second-order valence-corrected chi connectivity index (χ2v) is 6.18. The summed E-state index contributed by atoms with van der Waals surface area (Å²) in [6.45, 7) is 1.11. The third kappa shape index (κ3) is 4.11. The predicted octanol–water partition coefficient (Wildman–Crippen LogP) is 1.94. The Hall–Kier alpha value is -2.54. The smallest absolute Gasteiger partial charge is 0.317 e. The first-order valence-corrected chi connectivity index (χ1v) is 8.54. The van der Waals surface area contributed by atoms with Crippen molar-refractivity contribution in [1.82, 2.24) is 20.0 Å². The fourth-order valence-electron chi connectivity index (χ4n) is 3.08. The van der Waals surface area contributed by atoms with E-state index in [-0.39, 0.29) is 18.7 Å². The maximum Gasteiger partial charge on any atom is 0.317 e. The number of aromatic nitrogens is 2. The zero-order chi connectivity index (χ0) is 17.6. The number of benzene rings is 1. The molecule has 0 radical (unpaired) electrons. The highest BCUT2D eigenvalue weighted by Crippen LogP contribution is 2.18. The van der Waals surface area contributed by atoms with Crippen molar-refractivity contribution in [1.29, 1.82) is 0 Å². The molecule has 7 heteroatoms. The van der Waals surface area contributed by atoms with E-state index in [1.54, 1.807) is 22.9 Å². The second kappa shape index (κ2) is 8.02. The summed E-state index contributed by atoms with van der Waals surface area (Å²) in [6.07, 6.45) is 6.52. The molecule has 1 fully saturated rings. The lowest BCUT2D eigenvalue weighted by atomic mass is 10.0. The molecule has 7 nitrogen and oxygen atoms in total. The number of carbonyl (C=O) groups excluding carboxylic acids is 1. The summed E-state index contributed by atoms with van der Waals surface area (Å²) in [5.41, 5.74) is 1.81. The molecular formula is C18H24N4O3. The van der Waals surface area contributed by atoms with E-state index in [9.17, 15) is 9.90 Å². The molecule has 1 atom stereocenters. The summed E-state index contributed by atoms with van der Waals surface area (Å²) < 4.78 is 6.98. The summed E-state index contributed by atoms with van der Waals surface area (Å²) >= 11 is 0. The van der Waals surface area contributed by atoms with Gasteiger partial charge >= 0.3 is 6.03 Å². The van der Waals surface area contributed by atoms with E-state index in [0.717, 1.165) is 36.3 Å². The number of ether oxygens (including phenoxy) is 1. The van der Waals surface area contributed by atoms with Crippen molar-refractivity contribution in [2.75, 3.05) is 20.3 Å². The number of carbonyl (C=O) groups is 1. The third-order valence-corrected chi connectivity index (χ3v) is 4.50. The van der Waals surface area contributed by atoms with Crippen LogP contribution in [-0.4, -0.2) is 52.1 Å². The molecule has 25 heavy (non-hydrogen) atoms. The van der Waals surface area contributed by atoms with Gasteiger partial charge in [-0.2, -0.15) is 5.10 Å². The number of aliphatic hydroxyl groups is 1. The van der Waals surface area contributed by atoms with Gasteiger partial charge in [0, 0.05) is 30.9 Å². The third-order valence-electron chi connectivity index (χ3n) is 4.50. The van der Waals surface area contributed by atoms with E-state index in [4.69, 9.17) is 4.74 Å². The maximum atomic E-state index is 12.4. The lowest BCUT2D eigenvalue weighted by Crippen LogP contribution is -2.49. The van der Waals surface area contributed by atoms with E-state index in [1.807, 2.05) is 30.5 Å². The van der Waals surface area contributed by atoms with Crippen LogP contribution in [0.1, 0.15) is 24.8 Å². The minimum absolute atomic E-state index is 0.0151. The van der Waals surface area contributed by atoms with Gasteiger partial charge in [0.05, 0.1) is 31.6 Å². The fourth-order valence-corrected chi connectivity index (χ4v) is 3.08. The summed E-state index contributed by atoms with van der Waals surface area (Å²) in [4.78, 5) is 14.1. The average molecular weight is 344 g/mol. The Bertz CT molecular complexity index is 716. The molecule has 2 amide bonds. The van der Waals surface area contributed by atoms with Gasteiger partial charge in [-0.05, 0) is 31.4 Å². The van der Waals surface area contributed by atoms with E-state index in [1.165, 1.54) is 0 Å². The van der Waals surface area contributed by atoms with E-state index < -0.39 is 0 Å². The number of nitrogens with one attached hydrogen (secondary N) is 1. The highest BCUT2D eigenvalue weighted by molar-refractivity contribution is 5.74. The quantitative estimate of drug-likeness (QED) is 0.869. The Morgan fingerprint density at radius 2 is 2.32 bits per heavy atom. The Labute approximate surface area is 147 Å². The molecule has 0 bridgehead atoms. The van der Waals surface area contributed by atoms with Crippen molar-refractivity contribution >= 4 is 6.03 Å². The maximum absolute atomic E-state index is 12.4. The largest absolute Gasteiger partial charge is 0.497 e. The number of aliphatic hydroxyl groups excluding tert-OH is 1. The van der Waals surface area contributed by atoms with Gasteiger partial charge in [0.1, 0.15) is 5.75 Å². The van der Waals surface area contributed by atoms with Crippen LogP contribution in [0.3, 0.4) is 0 Å². The lowest BCUT2D eigenvalue weighted by Gasteiger charge is -2.34. The van der Waals surface area contributed by atoms with Crippen LogP contribution >= 0.6 is 0 Å². The number of hydrogen-bond acceptors (Lipinski definition) is 4. The van der Waals surface area contributed by atoms with Gasteiger partial charge in [0.2, 0.25) is 0 Å². The Kier molecular flexibility index (Phi) is 5.55. The first-order chi connectivity index (χ1) is 12.2. The summed E-state index contributed by atoms with van der Waals surface area (Å²) in [7, 11) is 1.63. The number of amides is 2. The van der Waals surface area contributed by atoms with Crippen molar-refractivity contribution in [3.05, 3.63) is 42.2 Å². The van der Waals surface area contributed by atoms with Crippen LogP contribution in [0.4, 0.5) is 4.79 Å². The summed E-state index contributed by atoms with van der Waals surface area (Å²) in [6, 6.07) is 7.42. The zero-order valence-electron chi connectivity index (χ0n) is 14.4. The molecule has 2 aromatic rings. The molecule has 2 N–H and O–H groups in total. The molecule has 1 aromatic heterocycles. The lowest BCUT2D eigenvalue weighted by molar-refractivity contribution is 0.108. The monoisotopic (exact) mass is 344 g/mol. The van der Waals surface area contributed by atoms with Gasteiger partial charge in [-0.3, -0.25) is 0 Å². The molecule has 1 saturated heterocycles. The summed E-state index contributed by atoms with van der Waals surface area (Å²) in [5, 5.41) is 16.7. The summed E-state index contributed by atoms with van der Waals surface area (Å²) in [5.74, 6) is 0.767. The van der Waals surface area contributed by atoms with Gasteiger partial charge < -0.3 is 20.1 Å². The van der Waals surface area contributed by atoms with Crippen molar-refractivity contribution in [2.45, 2.75) is 31.8 Å². The Morgan fingerprint density at radius 1 is 1.44 bits per heavy atom. The van der Waals surface area contributed by atoms with E-state index in [0.29, 0.717) is 13.1 Å². The number of urea groups is 1. The number of hydrogen-bond donors (Lipinski definition) is 2. The second-order valence-electron chi connectivity index (χ2n) is 6.18. The topological polar surface area (TPSA) is 79.6 Å². The molecule has 0 spiro atoms. The van der Waals surface area contributed by atoms with Crippen LogP contribution in [0, 0.1) is 0 Å². The Balaban J connectivity index is 1.60. The Morgan fingerprint density at radius 3 is 3.12 bits per heavy atom. The molecule has 1 aliphatic rings. The SMILES string of the molecule is COc1cccc(-n2cc(CNC(=O)N3CCCCC3CO)cn2)c1. The minimum atomic E-state index is -0.132. The van der Waals surface area contributed by atoms with E-state index >= 15 is 0 Å². The zero-order valence-corrected chi connectivity index (χ0v) is 14.4. The van der Waals surface area contributed by atoms with Crippen LogP contribution in [0.5, 0.6) is 5.75 Å². The highest BCUT2D eigenvalue weighted by Gasteiger charge is 2.25. The van der Waals surface area contributed by atoms with Crippen molar-refractivity contribution in [2.24, 2.45) is 0 Å². The number of methoxy groups -OCH3 is 1. The first kappa shape index (κ1) is 17.3. The van der Waals surface area contributed by atoms with Gasteiger partial charge in [-0.25, -0.2) is 9.48 Å². The van der Waals surface area contributed by atoms with Gasteiger partial charge in [0.25, 0.3) is 0 Å². The molecule has 1 aromatic carbocycles. The molecule has 3 rings (SSSR count). The molecule has 1 unspecified atom stereocenters. The number of piperidine rings is 1. The molecule has 1 aliphatic heterocycles. The standard InChI is InChI=1S/C18H24N4O3/c1-25-17-7-4-6-15(9-17)22-12-14(11-20-22)10-19-18(24)21-8-3-2-5-16(21)13-23/h4,6-7,9,11-12,16,23H,2-3,5,8,10,13H2,1H3,(H,19,24). The molecule has 0 saturated carbocycles. The van der Waals surface area contributed by atoms with E-state index in [2.05, 4.69) is 10.4 Å². The van der Waals surface area contributed by atoms with Crippen molar-refractivity contribution in [3.8, 4) is 11.4 Å².